The first-order chi connectivity index (χ1) is 10.2. The summed E-state index contributed by atoms with van der Waals surface area (Å²) in [6, 6.07) is 7.05. The molecule has 1 aromatic rings. The van der Waals surface area contributed by atoms with E-state index >= 15 is 0 Å². The van der Waals surface area contributed by atoms with Gasteiger partial charge in [0.2, 0.25) is 0 Å². The quantitative estimate of drug-likeness (QED) is 0.754. The fourth-order valence-corrected chi connectivity index (χ4v) is 1.77. The Kier molecular flexibility index (Phi) is 8.14. The van der Waals surface area contributed by atoms with Crippen LogP contribution < -0.4 is 0 Å². The maximum Gasteiger partial charge on any atom is 0.254 e. The molecule has 0 aromatic heterocycles. The average Bonchev–Trinajstić information content (AvgIpc) is 2.53. The van der Waals surface area contributed by atoms with Crippen molar-refractivity contribution in [2.45, 2.75) is 0 Å². The van der Waals surface area contributed by atoms with Gasteiger partial charge in [-0.1, -0.05) is 17.9 Å². The Bertz CT molecular complexity index is 496. The number of methoxy groups -OCH3 is 2. The van der Waals surface area contributed by atoms with Gasteiger partial charge in [0, 0.05) is 38.4 Å². The standard InChI is InChI=1S/C16H21NO4/c1-20-11-8-17(9-12-21-2)16(19)15-7-3-5-14(13-15)6-4-10-18/h3,5,7,13,18H,8-12H2,1-2H3. The molecule has 0 atom stereocenters. The number of hydrogen-bond donors (Lipinski definition) is 1. The van der Waals surface area contributed by atoms with Crippen LogP contribution in [0.5, 0.6) is 0 Å². The smallest absolute Gasteiger partial charge is 0.254 e. The van der Waals surface area contributed by atoms with E-state index in [9.17, 15) is 4.79 Å². The molecule has 21 heavy (non-hydrogen) atoms. The lowest BCUT2D eigenvalue weighted by Gasteiger charge is -2.22. The summed E-state index contributed by atoms with van der Waals surface area (Å²) in [6.07, 6.45) is 0. The zero-order valence-corrected chi connectivity index (χ0v) is 12.5. The van der Waals surface area contributed by atoms with E-state index in [0.717, 1.165) is 0 Å². The topological polar surface area (TPSA) is 59.0 Å². The largest absolute Gasteiger partial charge is 0.384 e. The van der Waals surface area contributed by atoms with E-state index in [2.05, 4.69) is 11.8 Å². The number of aliphatic hydroxyl groups excluding tert-OH is 1. The SMILES string of the molecule is COCCN(CCOC)C(=O)c1cccc(C#CCO)c1. The summed E-state index contributed by atoms with van der Waals surface area (Å²) in [5, 5.41) is 8.71. The molecule has 0 bridgehead atoms. The molecule has 0 radical (unpaired) electrons. The molecule has 1 N–H and O–H groups in total. The van der Waals surface area contributed by atoms with E-state index in [-0.39, 0.29) is 12.5 Å². The van der Waals surface area contributed by atoms with Gasteiger partial charge in [-0.2, -0.15) is 0 Å². The van der Waals surface area contributed by atoms with Crippen LogP contribution in [0.25, 0.3) is 0 Å². The van der Waals surface area contributed by atoms with Crippen molar-refractivity contribution in [1.82, 2.24) is 4.90 Å². The molecule has 0 aliphatic carbocycles. The van der Waals surface area contributed by atoms with Gasteiger partial charge >= 0.3 is 0 Å². The monoisotopic (exact) mass is 291 g/mol. The Morgan fingerprint density at radius 1 is 1.24 bits per heavy atom. The predicted molar refractivity (Wildman–Crippen MR) is 80.1 cm³/mol. The average molecular weight is 291 g/mol. The van der Waals surface area contributed by atoms with Gasteiger partial charge in [0.15, 0.2) is 0 Å². The molecular formula is C16H21NO4. The number of nitrogens with zero attached hydrogens (tertiary/aromatic N) is 1. The van der Waals surface area contributed by atoms with Crippen molar-refractivity contribution in [3.05, 3.63) is 35.4 Å². The van der Waals surface area contributed by atoms with E-state index in [1.54, 1.807) is 43.4 Å². The van der Waals surface area contributed by atoms with Crippen LogP contribution in [0, 0.1) is 11.8 Å². The van der Waals surface area contributed by atoms with Gasteiger partial charge in [0.25, 0.3) is 5.91 Å². The van der Waals surface area contributed by atoms with Gasteiger partial charge in [-0.25, -0.2) is 0 Å². The molecule has 5 nitrogen and oxygen atoms in total. The first-order valence-electron chi connectivity index (χ1n) is 6.70. The van der Waals surface area contributed by atoms with Crippen LogP contribution in [0.1, 0.15) is 15.9 Å². The van der Waals surface area contributed by atoms with Crippen LogP contribution in [0.15, 0.2) is 24.3 Å². The summed E-state index contributed by atoms with van der Waals surface area (Å²) in [7, 11) is 3.20. The lowest BCUT2D eigenvalue weighted by Crippen LogP contribution is -2.36. The highest BCUT2D eigenvalue weighted by atomic mass is 16.5. The second-order valence-electron chi connectivity index (χ2n) is 4.32. The molecule has 0 saturated heterocycles. The van der Waals surface area contributed by atoms with Crippen molar-refractivity contribution in [2.75, 3.05) is 47.1 Å². The molecule has 0 unspecified atom stereocenters. The summed E-state index contributed by atoms with van der Waals surface area (Å²) >= 11 is 0. The number of benzene rings is 1. The summed E-state index contributed by atoms with van der Waals surface area (Å²) in [5.41, 5.74) is 1.26. The molecule has 0 aliphatic rings. The van der Waals surface area contributed by atoms with Crippen molar-refractivity contribution in [1.29, 1.82) is 0 Å². The van der Waals surface area contributed by atoms with Gasteiger partial charge in [-0.05, 0) is 18.2 Å². The number of ether oxygens (including phenoxy) is 2. The Hall–Kier alpha value is -1.87. The summed E-state index contributed by atoms with van der Waals surface area (Å²) in [4.78, 5) is 14.2. The van der Waals surface area contributed by atoms with E-state index < -0.39 is 0 Å². The third-order valence-electron chi connectivity index (χ3n) is 2.84. The van der Waals surface area contributed by atoms with Crippen molar-refractivity contribution >= 4 is 5.91 Å². The van der Waals surface area contributed by atoms with Gasteiger partial charge in [-0.3, -0.25) is 4.79 Å². The van der Waals surface area contributed by atoms with Crippen LogP contribution in [0.2, 0.25) is 0 Å². The highest BCUT2D eigenvalue weighted by molar-refractivity contribution is 5.94. The minimum absolute atomic E-state index is 0.0863. The number of amides is 1. The minimum Gasteiger partial charge on any atom is -0.384 e. The molecule has 0 saturated carbocycles. The van der Waals surface area contributed by atoms with E-state index in [1.807, 2.05) is 0 Å². The van der Waals surface area contributed by atoms with Crippen LogP contribution in [-0.4, -0.2) is 63.0 Å². The third kappa shape index (κ3) is 5.96. The summed E-state index contributed by atoms with van der Waals surface area (Å²) in [5.74, 6) is 5.28. The van der Waals surface area contributed by atoms with Gasteiger partial charge in [0.1, 0.15) is 6.61 Å². The number of carbonyl (C=O) groups is 1. The number of carbonyl (C=O) groups excluding carboxylic acids is 1. The highest BCUT2D eigenvalue weighted by Crippen LogP contribution is 2.08. The Morgan fingerprint density at radius 3 is 2.48 bits per heavy atom. The molecule has 1 rings (SSSR count). The predicted octanol–water partition coefficient (Wildman–Crippen LogP) is 0.765. The van der Waals surface area contributed by atoms with Crippen LogP contribution in [-0.2, 0) is 9.47 Å². The normalized spacial score (nSPS) is 9.86. The Morgan fingerprint density at radius 2 is 1.90 bits per heavy atom. The van der Waals surface area contributed by atoms with Crippen molar-refractivity contribution in [3.63, 3.8) is 0 Å². The molecule has 1 aromatic carbocycles. The molecule has 0 aliphatic heterocycles. The summed E-state index contributed by atoms with van der Waals surface area (Å²) < 4.78 is 10.1. The van der Waals surface area contributed by atoms with Crippen molar-refractivity contribution < 1.29 is 19.4 Å². The summed E-state index contributed by atoms with van der Waals surface area (Å²) in [6.45, 7) is 1.75. The van der Waals surface area contributed by atoms with Crippen LogP contribution >= 0.6 is 0 Å². The van der Waals surface area contributed by atoms with Crippen molar-refractivity contribution in [2.24, 2.45) is 0 Å². The highest BCUT2D eigenvalue weighted by Gasteiger charge is 2.15. The molecule has 0 spiro atoms. The van der Waals surface area contributed by atoms with Crippen LogP contribution in [0.4, 0.5) is 0 Å². The zero-order valence-electron chi connectivity index (χ0n) is 12.5. The van der Waals surface area contributed by atoms with E-state index in [4.69, 9.17) is 14.6 Å². The number of hydrogen-bond acceptors (Lipinski definition) is 4. The maximum absolute atomic E-state index is 12.5. The first-order valence-corrected chi connectivity index (χ1v) is 6.70. The first kappa shape index (κ1) is 17.2. The van der Waals surface area contributed by atoms with Gasteiger partial charge in [0.05, 0.1) is 13.2 Å². The number of rotatable bonds is 7. The Balaban J connectivity index is 2.86. The lowest BCUT2D eigenvalue weighted by molar-refractivity contribution is 0.0627. The number of aliphatic hydroxyl groups is 1. The zero-order chi connectivity index (χ0) is 15.5. The van der Waals surface area contributed by atoms with E-state index in [0.29, 0.717) is 37.4 Å². The maximum atomic E-state index is 12.5. The van der Waals surface area contributed by atoms with Gasteiger partial charge in [-0.15, -0.1) is 0 Å². The van der Waals surface area contributed by atoms with E-state index in [1.165, 1.54) is 0 Å². The lowest BCUT2D eigenvalue weighted by atomic mass is 10.1. The molecule has 114 valence electrons. The minimum atomic E-state index is -0.202. The second kappa shape index (κ2) is 9.94. The molecule has 1 amide bonds. The second-order valence-corrected chi connectivity index (χ2v) is 4.32. The third-order valence-corrected chi connectivity index (χ3v) is 2.84. The van der Waals surface area contributed by atoms with Crippen LogP contribution in [0.3, 0.4) is 0 Å². The Labute approximate surface area is 125 Å². The fourth-order valence-electron chi connectivity index (χ4n) is 1.77. The molecule has 0 fully saturated rings. The van der Waals surface area contributed by atoms with Gasteiger partial charge < -0.3 is 19.5 Å². The molecule has 5 heteroatoms. The molecular weight excluding hydrogens is 270 g/mol. The fraction of sp³-hybridized carbons (Fsp3) is 0.438. The van der Waals surface area contributed by atoms with Crippen molar-refractivity contribution in [3.8, 4) is 11.8 Å². The molecule has 0 heterocycles.